The van der Waals surface area contributed by atoms with Crippen LogP contribution >= 0.6 is 0 Å². The minimum absolute atomic E-state index is 0.0224. The first-order valence-electron chi connectivity index (χ1n) is 5.89. The summed E-state index contributed by atoms with van der Waals surface area (Å²) < 4.78 is 27.0. The molecule has 0 aromatic carbocycles. The van der Waals surface area contributed by atoms with Crippen LogP contribution in [0.15, 0.2) is 23.4 Å². The van der Waals surface area contributed by atoms with E-state index < -0.39 is 10.0 Å². The summed E-state index contributed by atoms with van der Waals surface area (Å²) in [6.07, 6.45) is 4.39. The van der Waals surface area contributed by atoms with Gasteiger partial charge in [0.15, 0.2) is 0 Å². The third kappa shape index (κ3) is 2.98. The van der Waals surface area contributed by atoms with Crippen LogP contribution in [0.25, 0.3) is 0 Å². The molecule has 0 aliphatic carbocycles. The van der Waals surface area contributed by atoms with Crippen LogP contribution in [0.2, 0.25) is 0 Å². The van der Waals surface area contributed by atoms with Crippen molar-refractivity contribution in [1.29, 1.82) is 0 Å². The zero-order valence-electron chi connectivity index (χ0n) is 10.3. The molecular formula is C11H18N4O2S. The Labute approximate surface area is 107 Å². The number of rotatable bonds is 3. The topological polar surface area (TPSA) is 88.3 Å². The number of anilines is 1. The maximum atomic E-state index is 12.2. The second-order valence-electron chi connectivity index (χ2n) is 4.61. The highest BCUT2D eigenvalue weighted by molar-refractivity contribution is 7.89. The van der Waals surface area contributed by atoms with Crippen molar-refractivity contribution < 1.29 is 8.42 Å². The Kier molecular flexibility index (Phi) is 3.84. The SMILES string of the molecule is CN1CCC(NS(=O)(=O)c2cnccc2N)CC1. The molecule has 0 amide bonds. The van der Waals surface area contributed by atoms with Gasteiger partial charge in [-0.25, -0.2) is 13.1 Å². The van der Waals surface area contributed by atoms with E-state index in [1.165, 1.54) is 18.5 Å². The maximum Gasteiger partial charge on any atom is 0.244 e. The Morgan fingerprint density at radius 2 is 2.11 bits per heavy atom. The minimum Gasteiger partial charge on any atom is -0.398 e. The molecule has 1 fully saturated rings. The van der Waals surface area contributed by atoms with E-state index in [0.717, 1.165) is 25.9 Å². The minimum atomic E-state index is -3.56. The van der Waals surface area contributed by atoms with E-state index in [0.29, 0.717) is 0 Å². The standard InChI is InChI=1S/C11H18N4O2S/c1-15-6-3-9(4-7-15)14-18(16,17)11-8-13-5-2-10(11)12/h2,5,8-9,14H,3-4,6-7H2,1H3,(H2,12,13). The summed E-state index contributed by atoms with van der Waals surface area (Å²) in [4.78, 5) is 6.05. The van der Waals surface area contributed by atoms with E-state index in [9.17, 15) is 8.42 Å². The molecule has 7 heteroatoms. The van der Waals surface area contributed by atoms with Crippen molar-refractivity contribution in [2.45, 2.75) is 23.8 Å². The summed E-state index contributed by atoms with van der Waals surface area (Å²) in [5, 5.41) is 0. The van der Waals surface area contributed by atoms with E-state index in [1.54, 1.807) is 0 Å². The van der Waals surface area contributed by atoms with Crippen LogP contribution in [0, 0.1) is 0 Å². The van der Waals surface area contributed by atoms with Crippen LogP contribution in [-0.4, -0.2) is 44.5 Å². The van der Waals surface area contributed by atoms with E-state index in [2.05, 4.69) is 14.6 Å². The van der Waals surface area contributed by atoms with Crippen LogP contribution in [-0.2, 0) is 10.0 Å². The number of nitrogens with two attached hydrogens (primary N) is 1. The number of nitrogen functional groups attached to an aromatic ring is 1. The Morgan fingerprint density at radius 1 is 1.44 bits per heavy atom. The van der Waals surface area contributed by atoms with Crippen molar-refractivity contribution in [2.24, 2.45) is 0 Å². The van der Waals surface area contributed by atoms with Crippen molar-refractivity contribution in [3.8, 4) is 0 Å². The highest BCUT2D eigenvalue weighted by Crippen LogP contribution is 2.18. The van der Waals surface area contributed by atoms with Crippen LogP contribution in [0.3, 0.4) is 0 Å². The molecule has 6 nitrogen and oxygen atoms in total. The van der Waals surface area contributed by atoms with E-state index in [1.807, 2.05) is 7.05 Å². The summed E-state index contributed by atoms with van der Waals surface area (Å²) in [7, 11) is -1.53. The van der Waals surface area contributed by atoms with Gasteiger partial charge in [-0.3, -0.25) is 4.98 Å². The van der Waals surface area contributed by atoms with Gasteiger partial charge in [-0.2, -0.15) is 0 Å². The Balaban J connectivity index is 2.11. The van der Waals surface area contributed by atoms with Gasteiger partial charge >= 0.3 is 0 Å². The summed E-state index contributed by atoms with van der Waals surface area (Å²) in [5.41, 5.74) is 5.89. The zero-order chi connectivity index (χ0) is 13.2. The van der Waals surface area contributed by atoms with Gasteiger partial charge in [0.25, 0.3) is 0 Å². The van der Waals surface area contributed by atoms with E-state index >= 15 is 0 Å². The average Bonchev–Trinajstić information content (AvgIpc) is 2.32. The van der Waals surface area contributed by atoms with Gasteiger partial charge in [-0.05, 0) is 39.0 Å². The van der Waals surface area contributed by atoms with Crippen molar-refractivity contribution in [3.05, 3.63) is 18.5 Å². The lowest BCUT2D eigenvalue weighted by atomic mass is 10.1. The van der Waals surface area contributed by atoms with Crippen molar-refractivity contribution in [2.75, 3.05) is 25.9 Å². The fourth-order valence-electron chi connectivity index (χ4n) is 2.02. The number of nitrogens with zero attached hydrogens (tertiary/aromatic N) is 2. The molecule has 0 saturated carbocycles. The number of pyridine rings is 1. The summed E-state index contributed by atoms with van der Waals surface area (Å²) in [6, 6.07) is 1.47. The Hall–Kier alpha value is -1.18. The van der Waals surface area contributed by atoms with Crippen molar-refractivity contribution in [3.63, 3.8) is 0 Å². The maximum absolute atomic E-state index is 12.2. The van der Waals surface area contributed by atoms with E-state index in [-0.39, 0.29) is 16.6 Å². The lowest BCUT2D eigenvalue weighted by molar-refractivity contribution is 0.248. The number of sulfonamides is 1. The normalized spacial score (nSPS) is 18.9. The van der Waals surface area contributed by atoms with Gasteiger partial charge in [0, 0.05) is 18.4 Å². The monoisotopic (exact) mass is 270 g/mol. The predicted octanol–water partition coefficient (Wildman–Crippen LogP) is 0.0363. The van der Waals surface area contributed by atoms with Gasteiger partial charge < -0.3 is 10.6 Å². The fraction of sp³-hybridized carbons (Fsp3) is 0.545. The van der Waals surface area contributed by atoms with Crippen LogP contribution in [0.5, 0.6) is 0 Å². The quantitative estimate of drug-likeness (QED) is 0.809. The molecule has 1 aliphatic rings. The lowest BCUT2D eigenvalue weighted by Gasteiger charge is -2.29. The molecule has 1 saturated heterocycles. The first-order valence-corrected chi connectivity index (χ1v) is 7.38. The number of likely N-dealkylation sites (tertiary alicyclic amines) is 1. The van der Waals surface area contributed by atoms with Gasteiger partial charge in [0.05, 0.1) is 5.69 Å². The molecule has 1 aliphatic heterocycles. The lowest BCUT2D eigenvalue weighted by Crippen LogP contribution is -2.43. The third-order valence-corrected chi connectivity index (χ3v) is 4.71. The molecule has 2 heterocycles. The van der Waals surface area contributed by atoms with Crippen molar-refractivity contribution >= 4 is 15.7 Å². The highest BCUT2D eigenvalue weighted by Gasteiger charge is 2.24. The molecule has 3 N–H and O–H groups in total. The largest absolute Gasteiger partial charge is 0.398 e. The smallest absolute Gasteiger partial charge is 0.244 e. The third-order valence-electron chi connectivity index (χ3n) is 3.15. The molecule has 0 atom stereocenters. The Morgan fingerprint density at radius 3 is 2.72 bits per heavy atom. The zero-order valence-corrected chi connectivity index (χ0v) is 11.2. The number of aromatic nitrogens is 1. The molecule has 1 aromatic heterocycles. The first-order chi connectivity index (χ1) is 8.49. The fourth-order valence-corrected chi connectivity index (χ4v) is 3.40. The van der Waals surface area contributed by atoms with Crippen LogP contribution < -0.4 is 10.5 Å². The molecule has 0 unspecified atom stereocenters. The molecular weight excluding hydrogens is 252 g/mol. The average molecular weight is 270 g/mol. The molecule has 0 radical (unpaired) electrons. The van der Waals surface area contributed by atoms with Gasteiger partial charge in [0.2, 0.25) is 10.0 Å². The number of hydrogen-bond acceptors (Lipinski definition) is 5. The Bertz CT molecular complexity index is 510. The van der Waals surface area contributed by atoms with E-state index in [4.69, 9.17) is 5.73 Å². The molecule has 0 spiro atoms. The van der Waals surface area contributed by atoms with Crippen LogP contribution in [0.1, 0.15) is 12.8 Å². The molecule has 18 heavy (non-hydrogen) atoms. The van der Waals surface area contributed by atoms with Gasteiger partial charge in [-0.1, -0.05) is 0 Å². The second-order valence-corrected chi connectivity index (χ2v) is 6.29. The number of nitrogens with one attached hydrogen (secondary N) is 1. The molecule has 100 valence electrons. The number of piperidine rings is 1. The summed E-state index contributed by atoms with van der Waals surface area (Å²) in [5.74, 6) is 0. The second kappa shape index (κ2) is 5.21. The summed E-state index contributed by atoms with van der Waals surface area (Å²) >= 11 is 0. The highest BCUT2D eigenvalue weighted by atomic mass is 32.2. The van der Waals surface area contributed by atoms with Crippen molar-refractivity contribution in [1.82, 2.24) is 14.6 Å². The van der Waals surface area contributed by atoms with Crippen LogP contribution in [0.4, 0.5) is 5.69 Å². The summed E-state index contributed by atoms with van der Waals surface area (Å²) in [6.45, 7) is 1.80. The molecule has 0 bridgehead atoms. The molecule has 1 aromatic rings. The number of hydrogen-bond donors (Lipinski definition) is 2. The molecule has 2 rings (SSSR count). The van der Waals surface area contributed by atoms with Gasteiger partial charge in [-0.15, -0.1) is 0 Å². The van der Waals surface area contributed by atoms with Gasteiger partial charge in [0.1, 0.15) is 4.90 Å². The predicted molar refractivity (Wildman–Crippen MR) is 69.5 cm³/mol. The first kappa shape index (κ1) is 13.3.